The summed E-state index contributed by atoms with van der Waals surface area (Å²) in [6, 6.07) is 10.5. The lowest BCUT2D eigenvalue weighted by Crippen LogP contribution is -2.27. The van der Waals surface area contributed by atoms with Crippen molar-refractivity contribution in [1.29, 1.82) is 0 Å². The summed E-state index contributed by atoms with van der Waals surface area (Å²) in [7, 11) is -9.17. The average molecular weight is 635 g/mol. The SMILES string of the molecule is CCS(=O)(=O)O/N=C(\C)c1ccc(OCCCOc2ccc(/C(=N/OS(=O)(=O)CC(F)(F)F)C(F)(F)F)cc2)cc1. The Morgan fingerprint density at radius 2 is 1.20 bits per heavy atom. The summed E-state index contributed by atoms with van der Waals surface area (Å²) in [4.78, 5) is 0. The van der Waals surface area contributed by atoms with E-state index < -0.39 is 49.6 Å². The van der Waals surface area contributed by atoms with E-state index in [1.807, 2.05) is 0 Å². The molecule has 0 radical (unpaired) electrons. The lowest BCUT2D eigenvalue weighted by molar-refractivity contribution is -0.107. The average Bonchev–Trinajstić information content (AvgIpc) is 2.86. The second-order valence-electron chi connectivity index (χ2n) is 8.03. The Balaban J connectivity index is 1.88. The summed E-state index contributed by atoms with van der Waals surface area (Å²) in [6.45, 7) is 3.29. The maximum Gasteiger partial charge on any atom is 0.437 e. The number of hydrogen-bond donors (Lipinski definition) is 0. The molecule has 0 unspecified atom stereocenters. The Bertz CT molecular complexity index is 1420. The number of halogens is 6. The zero-order valence-corrected chi connectivity index (χ0v) is 23.0. The van der Waals surface area contributed by atoms with Crippen LogP contribution in [0.2, 0.25) is 0 Å². The van der Waals surface area contributed by atoms with E-state index in [9.17, 15) is 43.2 Å². The summed E-state index contributed by atoms with van der Waals surface area (Å²) >= 11 is 0. The molecule has 0 aliphatic heterocycles. The highest BCUT2D eigenvalue weighted by Gasteiger charge is 2.40. The van der Waals surface area contributed by atoms with Gasteiger partial charge < -0.3 is 9.47 Å². The van der Waals surface area contributed by atoms with Gasteiger partial charge in [-0.3, -0.25) is 8.57 Å². The molecule has 2 aromatic carbocycles. The van der Waals surface area contributed by atoms with Gasteiger partial charge in [0.15, 0.2) is 11.5 Å². The van der Waals surface area contributed by atoms with E-state index in [0.717, 1.165) is 24.3 Å². The fraction of sp³-hybridized carbons (Fsp3) is 0.391. The third-order valence-electron chi connectivity index (χ3n) is 4.72. The maximum atomic E-state index is 13.3. The summed E-state index contributed by atoms with van der Waals surface area (Å²) in [6.07, 6.45) is -10.1. The van der Waals surface area contributed by atoms with Crippen molar-refractivity contribution >= 4 is 31.7 Å². The molecule has 0 bridgehead atoms. The highest BCUT2D eigenvalue weighted by atomic mass is 32.2. The van der Waals surface area contributed by atoms with Crippen LogP contribution in [0, 0.1) is 0 Å². The van der Waals surface area contributed by atoms with Crippen LogP contribution in [0.5, 0.6) is 11.5 Å². The molecule has 0 aliphatic carbocycles. The summed E-state index contributed by atoms with van der Waals surface area (Å²) in [5.74, 6) is -2.09. The number of benzene rings is 2. The topological polar surface area (TPSA) is 130 Å². The molecule has 2 aromatic rings. The highest BCUT2D eigenvalue weighted by molar-refractivity contribution is 7.86. The first-order valence-corrected chi connectivity index (χ1v) is 14.6. The van der Waals surface area contributed by atoms with Gasteiger partial charge in [-0.25, -0.2) is 0 Å². The van der Waals surface area contributed by atoms with E-state index in [2.05, 4.69) is 18.9 Å². The van der Waals surface area contributed by atoms with Crippen molar-refractivity contribution in [2.45, 2.75) is 32.6 Å². The third kappa shape index (κ3) is 12.2. The van der Waals surface area contributed by atoms with Crippen molar-refractivity contribution < 1.29 is 61.2 Å². The van der Waals surface area contributed by atoms with Gasteiger partial charge in [0.05, 0.1) is 24.7 Å². The van der Waals surface area contributed by atoms with Gasteiger partial charge in [-0.15, -0.1) is 0 Å². The minimum absolute atomic E-state index is 0.103. The van der Waals surface area contributed by atoms with E-state index in [1.165, 1.54) is 6.92 Å². The fourth-order valence-corrected chi connectivity index (χ4v) is 3.72. The summed E-state index contributed by atoms with van der Waals surface area (Å²) in [5, 5.41) is 5.99. The smallest absolute Gasteiger partial charge is 0.437 e. The Kier molecular flexibility index (Phi) is 11.4. The van der Waals surface area contributed by atoms with Crippen LogP contribution in [0.3, 0.4) is 0 Å². The fourth-order valence-electron chi connectivity index (χ4n) is 2.75. The first kappa shape index (κ1) is 33.7. The molecule has 0 N–H and O–H groups in total. The zero-order valence-electron chi connectivity index (χ0n) is 21.4. The molecule has 0 atom stereocenters. The van der Waals surface area contributed by atoms with Crippen molar-refractivity contribution in [2.24, 2.45) is 10.3 Å². The molecule has 0 aliphatic rings. The Morgan fingerprint density at radius 1 is 0.732 bits per heavy atom. The van der Waals surface area contributed by atoms with Crippen LogP contribution in [-0.4, -0.2) is 65.3 Å². The lowest BCUT2D eigenvalue weighted by atomic mass is 10.1. The second-order valence-corrected chi connectivity index (χ2v) is 11.4. The van der Waals surface area contributed by atoms with Crippen LogP contribution in [-0.2, 0) is 28.8 Å². The van der Waals surface area contributed by atoms with Gasteiger partial charge >= 0.3 is 32.6 Å². The van der Waals surface area contributed by atoms with Crippen molar-refractivity contribution in [3.05, 3.63) is 59.7 Å². The highest BCUT2D eigenvalue weighted by Crippen LogP contribution is 2.26. The largest absolute Gasteiger partial charge is 0.493 e. The van der Waals surface area contributed by atoms with Crippen molar-refractivity contribution in [2.75, 3.05) is 24.7 Å². The maximum absolute atomic E-state index is 13.3. The predicted molar refractivity (Wildman–Crippen MR) is 135 cm³/mol. The van der Waals surface area contributed by atoms with Crippen LogP contribution in [0.15, 0.2) is 58.8 Å². The molecule has 41 heavy (non-hydrogen) atoms. The minimum Gasteiger partial charge on any atom is -0.493 e. The number of alkyl halides is 6. The molecule has 0 heterocycles. The molecular weight excluding hydrogens is 610 g/mol. The van der Waals surface area contributed by atoms with Gasteiger partial charge in [0, 0.05) is 12.0 Å². The molecule has 228 valence electrons. The molecule has 0 saturated carbocycles. The molecule has 0 amide bonds. The molecular formula is C23H24F6N2O8S2. The number of ether oxygens (including phenoxy) is 2. The molecule has 0 fully saturated rings. The predicted octanol–water partition coefficient (Wildman–Crippen LogP) is 4.80. The third-order valence-corrected chi connectivity index (χ3v) is 6.71. The Morgan fingerprint density at radius 3 is 1.63 bits per heavy atom. The van der Waals surface area contributed by atoms with Gasteiger partial charge in [-0.05, 0) is 67.9 Å². The summed E-state index contributed by atoms with van der Waals surface area (Å²) in [5.41, 5.74) is -1.59. The molecule has 0 spiro atoms. The first-order valence-electron chi connectivity index (χ1n) is 11.5. The second kappa shape index (κ2) is 13.9. The molecule has 10 nitrogen and oxygen atoms in total. The monoisotopic (exact) mass is 634 g/mol. The van der Waals surface area contributed by atoms with Gasteiger partial charge in [0.1, 0.15) is 11.5 Å². The number of nitrogens with zero attached hydrogens (tertiary/aromatic N) is 2. The van der Waals surface area contributed by atoms with E-state index in [4.69, 9.17) is 9.47 Å². The van der Waals surface area contributed by atoms with E-state index in [-0.39, 0.29) is 24.7 Å². The zero-order chi connectivity index (χ0) is 30.9. The van der Waals surface area contributed by atoms with E-state index in [1.54, 1.807) is 31.2 Å². The van der Waals surface area contributed by atoms with Crippen LogP contribution in [0.1, 0.15) is 31.4 Å². The molecule has 0 saturated heterocycles. The van der Waals surface area contributed by atoms with Gasteiger partial charge in [-0.2, -0.15) is 43.2 Å². The van der Waals surface area contributed by atoms with Gasteiger partial charge in [0.25, 0.3) is 0 Å². The van der Waals surface area contributed by atoms with E-state index in [0.29, 0.717) is 23.4 Å². The minimum atomic E-state index is -5.44. The van der Waals surface area contributed by atoms with Crippen LogP contribution in [0.4, 0.5) is 26.3 Å². The molecule has 2 rings (SSSR count). The molecule has 18 heteroatoms. The van der Waals surface area contributed by atoms with Gasteiger partial charge in [-0.1, -0.05) is 10.3 Å². The van der Waals surface area contributed by atoms with Crippen LogP contribution >= 0.6 is 0 Å². The molecule has 0 aromatic heterocycles. The van der Waals surface area contributed by atoms with E-state index >= 15 is 0 Å². The van der Waals surface area contributed by atoms with Crippen molar-refractivity contribution in [3.63, 3.8) is 0 Å². The standard InChI is InChI=1S/C23H24F6N2O8S2/c1-3-40(32,33)38-30-16(2)17-5-9-19(10-6-17)36-13-4-14-37-20-11-7-18(8-12-20)21(23(27,28)29)31-39-41(34,35)15-22(24,25)26/h5-12H,3-4,13-15H2,1-2H3/b30-16+,31-21-. The Labute approximate surface area is 231 Å². The van der Waals surface area contributed by atoms with Gasteiger partial charge in [0.2, 0.25) is 0 Å². The van der Waals surface area contributed by atoms with Crippen LogP contribution < -0.4 is 9.47 Å². The number of oxime groups is 2. The van der Waals surface area contributed by atoms with Crippen LogP contribution in [0.25, 0.3) is 0 Å². The Hall–Kier alpha value is -3.54. The normalized spacial score (nSPS) is 13.6. The van der Waals surface area contributed by atoms with Crippen molar-refractivity contribution in [1.82, 2.24) is 0 Å². The number of rotatable bonds is 14. The quantitative estimate of drug-likeness (QED) is 0.125. The number of hydrogen-bond acceptors (Lipinski definition) is 10. The van der Waals surface area contributed by atoms with Crippen molar-refractivity contribution in [3.8, 4) is 11.5 Å². The first-order chi connectivity index (χ1) is 18.9. The summed E-state index contributed by atoms with van der Waals surface area (Å²) < 4.78 is 141. The lowest BCUT2D eigenvalue weighted by Gasteiger charge is -2.12.